The minimum absolute atomic E-state index is 0.509. The lowest BCUT2D eigenvalue weighted by Gasteiger charge is -2.30. The summed E-state index contributed by atoms with van der Waals surface area (Å²) in [6.45, 7) is 1.13. The number of likely N-dealkylation sites (N-methyl/N-ethyl adjacent to an activating group) is 1. The van der Waals surface area contributed by atoms with Gasteiger partial charge in [-0.3, -0.25) is 0 Å². The summed E-state index contributed by atoms with van der Waals surface area (Å²) in [5, 5.41) is 20.7. The number of methoxy groups -OCH3 is 1. The molecule has 0 bridgehead atoms. The molecule has 0 aromatic heterocycles. The van der Waals surface area contributed by atoms with Crippen LogP contribution in [-0.4, -0.2) is 48.0 Å². The predicted molar refractivity (Wildman–Crippen MR) is 78.9 cm³/mol. The van der Waals surface area contributed by atoms with Crippen LogP contribution in [0.5, 0.6) is 5.75 Å². The van der Waals surface area contributed by atoms with Gasteiger partial charge in [0.2, 0.25) is 0 Å². The largest absolute Gasteiger partial charge is 0.497 e. The highest BCUT2D eigenvalue weighted by molar-refractivity contribution is 5.29. The summed E-state index contributed by atoms with van der Waals surface area (Å²) < 4.78 is 5.17. The van der Waals surface area contributed by atoms with Crippen LogP contribution < -0.4 is 4.74 Å². The lowest BCUT2D eigenvalue weighted by Crippen LogP contribution is -2.40. The second-order valence-electron chi connectivity index (χ2n) is 5.92. The lowest BCUT2D eigenvalue weighted by molar-refractivity contribution is 0.00481. The predicted octanol–water partition coefficient (Wildman–Crippen LogP) is 1.97. The number of nitrogens with zero attached hydrogens (tertiary/aromatic N) is 1. The molecule has 1 unspecified atom stereocenters. The summed E-state index contributed by atoms with van der Waals surface area (Å²) in [4.78, 5) is 2.01. The molecule has 2 rings (SSSR count). The Kier molecular flexibility index (Phi) is 5.02. The molecule has 1 aliphatic rings. The van der Waals surface area contributed by atoms with Crippen LogP contribution in [-0.2, 0) is 0 Å². The first-order valence-corrected chi connectivity index (χ1v) is 7.25. The van der Waals surface area contributed by atoms with E-state index in [9.17, 15) is 10.2 Å². The fraction of sp³-hybridized carbons (Fsp3) is 0.625. The number of aliphatic hydroxyl groups excluding tert-OH is 1. The highest BCUT2D eigenvalue weighted by atomic mass is 16.5. The Morgan fingerprint density at radius 2 is 2.05 bits per heavy atom. The Balaban J connectivity index is 1.91. The minimum atomic E-state index is -0.569. The number of ether oxygens (including phenoxy) is 1. The minimum Gasteiger partial charge on any atom is -0.497 e. The average molecular weight is 279 g/mol. The topological polar surface area (TPSA) is 52.9 Å². The quantitative estimate of drug-likeness (QED) is 0.836. The van der Waals surface area contributed by atoms with Crippen LogP contribution in [0.2, 0.25) is 0 Å². The lowest BCUT2D eigenvalue weighted by atomic mass is 10.0. The van der Waals surface area contributed by atoms with Gasteiger partial charge in [-0.1, -0.05) is 25.0 Å². The Bertz CT molecular complexity index is 429. The highest BCUT2D eigenvalue weighted by Gasteiger charge is 2.32. The van der Waals surface area contributed by atoms with Gasteiger partial charge in [-0.15, -0.1) is 0 Å². The van der Waals surface area contributed by atoms with Gasteiger partial charge in [-0.2, -0.15) is 0 Å². The zero-order valence-corrected chi connectivity index (χ0v) is 12.4. The molecule has 1 aliphatic carbocycles. The molecule has 1 aromatic carbocycles. The fourth-order valence-electron chi connectivity index (χ4n) is 3.01. The van der Waals surface area contributed by atoms with E-state index >= 15 is 0 Å². The van der Waals surface area contributed by atoms with Crippen molar-refractivity contribution in [3.05, 3.63) is 29.8 Å². The normalized spacial score (nSPS) is 19.2. The molecule has 0 aliphatic heterocycles. The van der Waals surface area contributed by atoms with Crippen molar-refractivity contribution in [1.82, 2.24) is 4.90 Å². The second kappa shape index (κ2) is 6.57. The first kappa shape index (κ1) is 15.3. The number of benzene rings is 1. The first-order chi connectivity index (χ1) is 9.52. The van der Waals surface area contributed by atoms with E-state index in [0.29, 0.717) is 13.1 Å². The maximum atomic E-state index is 10.4. The molecule has 1 fully saturated rings. The molecule has 0 spiro atoms. The van der Waals surface area contributed by atoms with Gasteiger partial charge >= 0.3 is 0 Å². The van der Waals surface area contributed by atoms with Gasteiger partial charge in [0, 0.05) is 13.1 Å². The zero-order chi connectivity index (χ0) is 14.6. The Morgan fingerprint density at radius 3 is 2.70 bits per heavy atom. The van der Waals surface area contributed by atoms with Crippen molar-refractivity contribution in [1.29, 1.82) is 0 Å². The van der Waals surface area contributed by atoms with E-state index < -0.39 is 11.7 Å². The van der Waals surface area contributed by atoms with Gasteiger partial charge in [0.1, 0.15) is 5.75 Å². The van der Waals surface area contributed by atoms with Gasteiger partial charge in [0.25, 0.3) is 0 Å². The second-order valence-corrected chi connectivity index (χ2v) is 5.92. The molecule has 0 saturated heterocycles. The molecular formula is C16H25NO3. The third kappa shape index (κ3) is 3.95. The number of hydrogen-bond donors (Lipinski definition) is 2. The van der Waals surface area contributed by atoms with Crippen molar-refractivity contribution in [3.8, 4) is 5.75 Å². The average Bonchev–Trinajstić information content (AvgIpc) is 2.84. The Hall–Kier alpha value is -1.10. The van der Waals surface area contributed by atoms with Gasteiger partial charge < -0.3 is 19.8 Å². The SMILES string of the molecule is COc1cccc(C(O)CN(C)CC2(O)CCCC2)c1. The van der Waals surface area contributed by atoms with Crippen LogP contribution in [0.25, 0.3) is 0 Å². The number of aliphatic hydroxyl groups is 2. The van der Waals surface area contributed by atoms with Crippen LogP contribution in [0.4, 0.5) is 0 Å². The number of hydrogen-bond acceptors (Lipinski definition) is 4. The van der Waals surface area contributed by atoms with Crippen LogP contribution in [0.1, 0.15) is 37.4 Å². The zero-order valence-electron chi connectivity index (χ0n) is 12.4. The van der Waals surface area contributed by atoms with Crippen LogP contribution in [0.3, 0.4) is 0 Å². The van der Waals surface area contributed by atoms with Crippen molar-refractivity contribution < 1.29 is 14.9 Å². The van der Waals surface area contributed by atoms with Crippen molar-refractivity contribution in [2.45, 2.75) is 37.4 Å². The first-order valence-electron chi connectivity index (χ1n) is 7.25. The summed E-state index contributed by atoms with van der Waals surface area (Å²) in [5.41, 5.74) is 0.276. The van der Waals surface area contributed by atoms with Crippen LogP contribution in [0.15, 0.2) is 24.3 Å². The smallest absolute Gasteiger partial charge is 0.119 e. The molecule has 4 heteroatoms. The molecule has 1 atom stereocenters. The van der Waals surface area contributed by atoms with E-state index in [1.54, 1.807) is 7.11 Å². The molecule has 1 saturated carbocycles. The molecule has 0 radical (unpaired) electrons. The number of rotatable bonds is 6. The molecule has 0 amide bonds. The maximum Gasteiger partial charge on any atom is 0.119 e. The fourth-order valence-corrected chi connectivity index (χ4v) is 3.01. The van der Waals surface area contributed by atoms with Crippen LogP contribution >= 0.6 is 0 Å². The van der Waals surface area contributed by atoms with Crippen molar-refractivity contribution in [2.75, 3.05) is 27.2 Å². The van der Waals surface area contributed by atoms with Gasteiger partial charge in [0.05, 0.1) is 18.8 Å². The molecule has 4 nitrogen and oxygen atoms in total. The Morgan fingerprint density at radius 1 is 1.35 bits per heavy atom. The molecule has 20 heavy (non-hydrogen) atoms. The van der Waals surface area contributed by atoms with E-state index in [2.05, 4.69) is 0 Å². The van der Waals surface area contributed by atoms with E-state index in [1.165, 1.54) is 0 Å². The maximum absolute atomic E-state index is 10.4. The van der Waals surface area contributed by atoms with Gasteiger partial charge in [-0.25, -0.2) is 0 Å². The standard InChI is InChI=1S/C16H25NO3/c1-17(12-16(19)8-3-4-9-16)11-15(18)13-6-5-7-14(10-13)20-2/h5-7,10,15,18-19H,3-4,8-9,11-12H2,1-2H3. The summed E-state index contributed by atoms with van der Waals surface area (Å²) in [7, 11) is 3.56. The third-order valence-corrected chi connectivity index (χ3v) is 4.06. The van der Waals surface area contributed by atoms with E-state index in [1.807, 2.05) is 36.2 Å². The van der Waals surface area contributed by atoms with Crippen molar-refractivity contribution >= 4 is 0 Å². The molecule has 0 heterocycles. The Labute approximate surface area is 121 Å². The molecule has 2 N–H and O–H groups in total. The van der Waals surface area contributed by atoms with E-state index in [-0.39, 0.29) is 0 Å². The monoisotopic (exact) mass is 279 g/mol. The summed E-state index contributed by atoms with van der Waals surface area (Å²) in [6, 6.07) is 7.48. The van der Waals surface area contributed by atoms with E-state index in [4.69, 9.17) is 4.74 Å². The summed E-state index contributed by atoms with van der Waals surface area (Å²) in [5.74, 6) is 0.749. The highest BCUT2D eigenvalue weighted by Crippen LogP contribution is 2.30. The van der Waals surface area contributed by atoms with E-state index in [0.717, 1.165) is 37.0 Å². The van der Waals surface area contributed by atoms with Gasteiger partial charge in [0.15, 0.2) is 0 Å². The molecule has 112 valence electrons. The summed E-state index contributed by atoms with van der Waals surface area (Å²) >= 11 is 0. The van der Waals surface area contributed by atoms with Crippen molar-refractivity contribution in [2.24, 2.45) is 0 Å². The third-order valence-electron chi connectivity index (χ3n) is 4.06. The summed E-state index contributed by atoms with van der Waals surface area (Å²) in [6.07, 6.45) is 3.37. The van der Waals surface area contributed by atoms with Crippen molar-refractivity contribution in [3.63, 3.8) is 0 Å². The van der Waals surface area contributed by atoms with Gasteiger partial charge in [-0.05, 0) is 37.6 Å². The van der Waals surface area contributed by atoms with Crippen LogP contribution in [0, 0.1) is 0 Å². The molecule has 1 aromatic rings. The molecular weight excluding hydrogens is 254 g/mol.